The molecule has 3 aliphatic carbocycles. The molecular formula is C55H45NO. The Bertz CT molecular complexity index is 2820. The first-order valence-corrected chi connectivity index (χ1v) is 20.3. The summed E-state index contributed by atoms with van der Waals surface area (Å²) < 4.78 is 7.20. The van der Waals surface area contributed by atoms with Gasteiger partial charge in [-0.2, -0.15) is 0 Å². The molecule has 2 nitrogen and oxygen atoms in total. The molecule has 7 aromatic carbocycles. The Morgan fingerprint density at radius 3 is 1.70 bits per heavy atom. The lowest BCUT2D eigenvalue weighted by Gasteiger charge is -2.34. The van der Waals surface area contributed by atoms with Gasteiger partial charge in [-0.15, -0.1) is 0 Å². The summed E-state index contributed by atoms with van der Waals surface area (Å²) in [6, 6.07) is 60.2. The standard InChI is InChI=1S/C55H45NO/c1-53(2)46-20-12-10-17-44(46)50-47(53)32-33-55(5)48-21-13-18-41(51(48)57-52(50)55)37-24-28-39(29-25-37)56(38-26-22-36(23-27-38)35-14-7-6-8-15-35)40-30-31-43-42-16-9-11-19-45(42)54(3,4)49(43)34-40/h6-34,52H,1-5H3. The summed E-state index contributed by atoms with van der Waals surface area (Å²) in [7, 11) is 0. The van der Waals surface area contributed by atoms with Crippen LogP contribution in [0.15, 0.2) is 182 Å². The summed E-state index contributed by atoms with van der Waals surface area (Å²) in [6.45, 7) is 11.7. The van der Waals surface area contributed by atoms with Gasteiger partial charge in [0.2, 0.25) is 0 Å². The Morgan fingerprint density at radius 2 is 0.982 bits per heavy atom. The lowest BCUT2D eigenvalue weighted by Crippen LogP contribution is -2.37. The van der Waals surface area contributed by atoms with E-state index in [1.807, 2.05) is 0 Å². The van der Waals surface area contributed by atoms with Gasteiger partial charge in [0.25, 0.3) is 0 Å². The minimum absolute atomic E-state index is 0.0626. The number of ether oxygens (including phenoxy) is 1. The predicted molar refractivity (Wildman–Crippen MR) is 237 cm³/mol. The summed E-state index contributed by atoms with van der Waals surface area (Å²) in [5.74, 6) is 0.993. The molecule has 2 unspecified atom stereocenters. The van der Waals surface area contributed by atoms with Gasteiger partial charge in [0.15, 0.2) is 0 Å². The van der Waals surface area contributed by atoms with Crippen molar-refractivity contribution in [3.63, 3.8) is 0 Å². The maximum absolute atomic E-state index is 7.20. The zero-order valence-corrected chi connectivity index (χ0v) is 33.2. The van der Waals surface area contributed by atoms with Crippen molar-refractivity contribution in [1.29, 1.82) is 0 Å². The van der Waals surface area contributed by atoms with E-state index in [1.54, 1.807) is 0 Å². The first-order valence-electron chi connectivity index (χ1n) is 20.3. The molecule has 2 heteroatoms. The fourth-order valence-electron chi connectivity index (χ4n) is 10.5. The molecule has 0 amide bonds. The SMILES string of the molecule is CC1(C)C2=C(c3ccccc31)C1Oc3c(-c4ccc(N(c5ccc(-c6ccccc6)cc5)c5ccc6c(c5)C(C)(C)c5ccccc5-6)cc4)cccc3C1(C)C=C2. The predicted octanol–water partition coefficient (Wildman–Crippen LogP) is 14.1. The second-order valence-electron chi connectivity index (χ2n) is 17.5. The second kappa shape index (κ2) is 12.1. The number of rotatable bonds is 5. The van der Waals surface area contributed by atoms with E-state index in [0.29, 0.717) is 0 Å². The van der Waals surface area contributed by atoms with Crippen LogP contribution in [0.5, 0.6) is 5.75 Å². The summed E-state index contributed by atoms with van der Waals surface area (Å²) >= 11 is 0. The molecule has 0 N–H and O–H groups in total. The molecule has 4 aliphatic rings. The largest absolute Gasteiger partial charge is 0.483 e. The fourth-order valence-corrected chi connectivity index (χ4v) is 10.5. The number of hydrogen-bond acceptors (Lipinski definition) is 2. The van der Waals surface area contributed by atoms with E-state index in [9.17, 15) is 0 Å². The molecule has 0 saturated heterocycles. The summed E-state index contributed by atoms with van der Waals surface area (Å²) in [6.07, 6.45) is 4.70. The smallest absolute Gasteiger partial charge is 0.138 e. The Hall–Kier alpha value is -6.38. The molecule has 1 heterocycles. The fraction of sp³-hybridized carbons (Fsp3) is 0.164. The quantitative estimate of drug-likeness (QED) is 0.175. The van der Waals surface area contributed by atoms with Crippen molar-refractivity contribution in [3.8, 4) is 39.1 Å². The van der Waals surface area contributed by atoms with E-state index in [-0.39, 0.29) is 22.3 Å². The lowest BCUT2D eigenvalue weighted by molar-refractivity contribution is 0.237. The van der Waals surface area contributed by atoms with Crippen LogP contribution in [0.4, 0.5) is 17.1 Å². The van der Waals surface area contributed by atoms with Gasteiger partial charge in [0, 0.05) is 44.6 Å². The first kappa shape index (κ1) is 33.9. The molecule has 0 aromatic heterocycles. The minimum atomic E-state index is -0.263. The van der Waals surface area contributed by atoms with Crippen LogP contribution in [-0.4, -0.2) is 6.10 Å². The summed E-state index contributed by atoms with van der Waals surface area (Å²) in [4.78, 5) is 2.40. The van der Waals surface area contributed by atoms with Crippen LogP contribution in [0.1, 0.15) is 62.4 Å². The van der Waals surface area contributed by atoms with Gasteiger partial charge in [-0.1, -0.05) is 167 Å². The van der Waals surface area contributed by atoms with Gasteiger partial charge >= 0.3 is 0 Å². The van der Waals surface area contributed by atoms with Crippen LogP contribution in [-0.2, 0) is 16.2 Å². The van der Waals surface area contributed by atoms with Crippen molar-refractivity contribution >= 4 is 22.6 Å². The average Bonchev–Trinajstić information content (AvgIpc) is 3.77. The maximum atomic E-state index is 7.20. The number of hydrogen-bond donors (Lipinski definition) is 0. The third-order valence-electron chi connectivity index (χ3n) is 13.6. The number of anilines is 3. The van der Waals surface area contributed by atoms with Crippen LogP contribution in [0, 0.1) is 0 Å². The highest BCUT2D eigenvalue weighted by Crippen LogP contribution is 2.59. The van der Waals surface area contributed by atoms with E-state index < -0.39 is 0 Å². The Morgan fingerprint density at radius 1 is 0.439 bits per heavy atom. The van der Waals surface area contributed by atoms with Crippen LogP contribution in [0.2, 0.25) is 0 Å². The molecule has 1 aliphatic heterocycles. The van der Waals surface area contributed by atoms with E-state index in [1.165, 1.54) is 61.2 Å². The first-order chi connectivity index (χ1) is 27.6. The summed E-state index contributed by atoms with van der Waals surface area (Å²) in [5.41, 5.74) is 19.7. The molecule has 0 fully saturated rings. The molecular weight excluding hydrogens is 691 g/mol. The minimum Gasteiger partial charge on any atom is -0.483 e. The second-order valence-corrected chi connectivity index (χ2v) is 17.5. The van der Waals surface area contributed by atoms with E-state index in [2.05, 4.69) is 215 Å². The molecule has 276 valence electrons. The van der Waals surface area contributed by atoms with Crippen molar-refractivity contribution in [2.75, 3.05) is 4.90 Å². The molecule has 7 aromatic rings. The molecule has 57 heavy (non-hydrogen) atoms. The van der Waals surface area contributed by atoms with Crippen molar-refractivity contribution < 1.29 is 4.74 Å². The van der Waals surface area contributed by atoms with Crippen LogP contribution in [0.25, 0.3) is 39.0 Å². The average molecular weight is 736 g/mol. The molecule has 0 spiro atoms. The van der Waals surface area contributed by atoms with Crippen molar-refractivity contribution in [2.24, 2.45) is 0 Å². The number of allylic oxidation sites excluding steroid dienone is 2. The Kier molecular flexibility index (Phi) is 7.18. The van der Waals surface area contributed by atoms with Gasteiger partial charge in [-0.05, 0) is 99.0 Å². The van der Waals surface area contributed by atoms with Crippen molar-refractivity contribution in [2.45, 2.75) is 57.0 Å². The molecule has 11 rings (SSSR count). The number of nitrogens with zero attached hydrogens (tertiary/aromatic N) is 1. The number of fused-ring (bicyclic) bond motifs is 9. The highest BCUT2D eigenvalue weighted by Gasteiger charge is 2.53. The van der Waals surface area contributed by atoms with Crippen molar-refractivity contribution in [3.05, 3.63) is 209 Å². The zero-order chi connectivity index (χ0) is 38.7. The van der Waals surface area contributed by atoms with E-state index in [0.717, 1.165) is 33.9 Å². The Labute approximate surface area is 336 Å². The normalized spacial score (nSPS) is 19.8. The highest BCUT2D eigenvalue weighted by molar-refractivity contribution is 5.90. The van der Waals surface area contributed by atoms with Gasteiger partial charge < -0.3 is 9.64 Å². The maximum Gasteiger partial charge on any atom is 0.138 e. The third kappa shape index (κ3) is 4.83. The van der Waals surface area contributed by atoms with E-state index in [4.69, 9.17) is 4.74 Å². The number of para-hydroxylation sites is 1. The van der Waals surface area contributed by atoms with E-state index >= 15 is 0 Å². The lowest BCUT2D eigenvalue weighted by atomic mass is 9.70. The third-order valence-corrected chi connectivity index (χ3v) is 13.6. The highest BCUT2D eigenvalue weighted by atomic mass is 16.5. The topological polar surface area (TPSA) is 12.5 Å². The summed E-state index contributed by atoms with van der Waals surface area (Å²) in [5, 5.41) is 0. The van der Waals surface area contributed by atoms with Gasteiger partial charge in [0.1, 0.15) is 11.9 Å². The monoisotopic (exact) mass is 735 g/mol. The zero-order valence-electron chi connectivity index (χ0n) is 33.2. The van der Waals surface area contributed by atoms with Crippen molar-refractivity contribution in [1.82, 2.24) is 0 Å². The molecule has 0 saturated carbocycles. The van der Waals surface area contributed by atoms with Gasteiger partial charge in [-0.3, -0.25) is 0 Å². The molecule has 0 bridgehead atoms. The van der Waals surface area contributed by atoms with Gasteiger partial charge in [-0.25, -0.2) is 0 Å². The van der Waals surface area contributed by atoms with Crippen LogP contribution in [0.3, 0.4) is 0 Å². The molecule has 2 atom stereocenters. The van der Waals surface area contributed by atoms with Gasteiger partial charge in [0.05, 0.1) is 5.41 Å². The molecule has 0 radical (unpaired) electrons. The number of benzene rings is 7. The van der Waals surface area contributed by atoms with Crippen LogP contribution >= 0.6 is 0 Å². The van der Waals surface area contributed by atoms with Crippen LogP contribution < -0.4 is 9.64 Å². The Balaban J connectivity index is 0.991.